The average molecular weight is 651 g/mol. The maximum absolute atomic E-state index is 13.2. The maximum atomic E-state index is 13.2. The van der Waals surface area contributed by atoms with E-state index in [4.69, 9.17) is 16.0 Å². The number of halogens is 4. The Kier molecular flexibility index (Phi) is 8.32. The minimum absolute atomic E-state index is 0.00910. The Morgan fingerprint density at radius 1 is 1.14 bits per heavy atom. The molecule has 1 aliphatic heterocycles. The fraction of sp³-hybridized carbons (Fsp3) is 0.0741. The minimum atomic E-state index is -4.55. The number of amides is 1. The standard InChI is InChI=1S/C27H18ClF3N4O4S3/c1-2-12-35-24(36)23(15-18-6-10-22(39-18)20-14-16(27(29,30)31)3-9-21(20)28)41-26(35)33-17-4-7-19(8-5-17)42(37,38)34-25-32-11-13-40-25/h2-11,13-15H,1,12H2,(H,32,34). The molecule has 1 saturated heterocycles. The molecular weight excluding hydrogens is 633 g/mol. The van der Waals surface area contributed by atoms with Crippen molar-refractivity contribution in [2.45, 2.75) is 11.1 Å². The number of hydrogen-bond acceptors (Lipinski definition) is 8. The first kappa shape index (κ1) is 29.6. The summed E-state index contributed by atoms with van der Waals surface area (Å²) < 4.78 is 72.9. The number of amidine groups is 1. The van der Waals surface area contributed by atoms with E-state index in [0.29, 0.717) is 10.9 Å². The van der Waals surface area contributed by atoms with E-state index in [1.807, 2.05) is 0 Å². The van der Waals surface area contributed by atoms with E-state index in [1.165, 1.54) is 59.6 Å². The highest BCUT2D eigenvalue weighted by atomic mass is 35.5. The van der Waals surface area contributed by atoms with Crippen molar-refractivity contribution in [1.29, 1.82) is 0 Å². The van der Waals surface area contributed by atoms with Crippen LogP contribution >= 0.6 is 34.7 Å². The van der Waals surface area contributed by atoms with Gasteiger partial charge in [-0.25, -0.2) is 18.4 Å². The van der Waals surface area contributed by atoms with Crippen molar-refractivity contribution in [3.8, 4) is 11.3 Å². The molecule has 4 aromatic rings. The van der Waals surface area contributed by atoms with Crippen molar-refractivity contribution in [3.63, 3.8) is 0 Å². The molecule has 3 heterocycles. The Bertz CT molecular complexity index is 1820. The number of hydrogen-bond donors (Lipinski definition) is 1. The molecule has 0 bridgehead atoms. The summed E-state index contributed by atoms with van der Waals surface area (Å²) in [5, 5.41) is 2.27. The highest BCUT2D eigenvalue weighted by Gasteiger charge is 2.33. The second-order valence-electron chi connectivity index (χ2n) is 8.54. The van der Waals surface area contributed by atoms with Gasteiger partial charge in [0, 0.05) is 29.8 Å². The first-order valence-corrected chi connectivity index (χ1v) is 15.4. The van der Waals surface area contributed by atoms with E-state index in [2.05, 4.69) is 21.3 Å². The molecule has 0 saturated carbocycles. The summed E-state index contributed by atoms with van der Waals surface area (Å²) in [6.45, 7) is 3.83. The predicted molar refractivity (Wildman–Crippen MR) is 158 cm³/mol. The first-order valence-electron chi connectivity index (χ1n) is 11.8. The third-order valence-corrected chi connectivity index (χ3v) is 9.19. The number of thiazole rings is 1. The summed E-state index contributed by atoms with van der Waals surface area (Å²) in [7, 11) is -3.85. The molecule has 0 atom stereocenters. The van der Waals surface area contributed by atoms with Crippen LogP contribution in [0.1, 0.15) is 11.3 Å². The molecule has 216 valence electrons. The molecule has 2 aromatic carbocycles. The fourth-order valence-electron chi connectivity index (χ4n) is 3.73. The lowest BCUT2D eigenvalue weighted by atomic mass is 10.1. The molecule has 1 aliphatic rings. The lowest BCUT2D eigenvalue weighted by molar-refractivity contribution is -0.137. The van der Waals surface area contributed by atoms with Gasteiger partial charge < -0.3 is 4.42 Å². The molecule has 2 aromatic heterocycles. The Balaban J connectivity index is 1.39. The number of furan rings is 1. The molecule has 15 heteroatoms. The summed E-state index contributed by atoms with van der Waals surface area (Å²) in [5.41, 5.74) is -0.417. The molecule has 0 radical (unpaired) electrons. The Morgan fingerprint density at radius 3 is 2.57 bits per heavy atom. The van der Waals surface area contributed by atoms with Crippen LogP contribution in [-0.4, -0.2) is 35.9 Å². The van der Waals surface area contributed by atoms with Gasteiger partial charge in [0.05, 0.1) is 26.1 Å². The van der Waals surface area contributed by atoms with Crippen LogP contribution in [0.25, 0.3) is 17.4 Å². The van der Waals surface area contributed by atoms with Crippen LogP contribution in [0.15, 0.2) is 98.0 Å². The average Bonchev–Trinajstić information content (AvgIpc) is 3.68. The predicted octanol–water partition coefficient (Wildman–Crippen LogP) is 7.67. The number of anilines is 1. The number of alkyl halides is 3. The van der Waals surface area contributed by atoms with Crippen molar-refractivity contribution in [3.05, 3.63) is 100 Å². The molecular formula is C27H18ClF3N4O4S3. The van der Waals surface area contributed by atoms with Crippen LogP contribution in [0, 0.1) is 0 Å². The van der Waals surface area contributed by atoms with E-state index >= 15 is 0 Å². The molecule has 1 N–H and O–H groups in total. The SMILES string of the molecule is C=CCN1C(=O)C(=Cc2ccc(-c3cc(C(F)(F)F)ccc3Cl)o2)SC1=Nc1ccc(S(=O)(=O)Nc2nccs2)cc1. The van der Waals surface area contributed by atoms with Gasteiger partial charge in [-0.3, -0.25) is 14.4 Å². The summed E-state index contributed by atoms with van der Waals surface area (Å²) >= 11 is 8.32. The largest absolute Gasteiger partial charge is 0.457 e. The molecule has 8 nitrogen and oxygen atoms in total. The molecule has 0 aliphatic carbocycles. The molecule has 1 fully saturated rings. The van der Waals surface area contributed by atoms with E-state index in [0.717, 1.165) is 41.3 Å². The first-order chi connectivity index (χ1) is 19.9. The number of thioether (sulfide) groups is 1. The minimum Gasteiger partial charge on any atom is -0.457 e. The Labute approximate surface area is 251 Å². The Hall–Kier alpha value is -3.85. The second-order valence-corrected chi connectivity index (χ2v) is 12.5. The number of benzene rings is 2. The van der Waals surface area contributed by atoms with Crippen LogP contribution in [0.5, 0.6) is 0 Å². The zero-order valence-electron chi connectivity index (χ0n) is 21.1. The third-order valence-electron chi connectivity index (χ3n) is 5.68. The highest BCUT2D eigenvalue weighted by Crippen LogP contribution is 2.38. The topological polar surface area (TPSA) is 105 Å². The van der Waals surface area contributed by atoms with E-state index in [9.17, 15) is 26.4 Å². The van der Waals surface area contributed by atoms with Crippen molar-refractivity contribution < 1.29 is 30.8 Å². The lowest BCUT2D eigenvalue weighted by Crippen LogP contribution is -2.29. The zero-order valence-corrected chi connectivity index (χ0v) is 24.3. The van der Waals surface area contributed by atoms with Gasteiger partial charge in [0.25, 0.3) is 15.9 Å². The number of nitrogens with one attached hydrogen (secondary N) is 1. The molecule has 0 unspecified atom stereocenters. The van der Waals surface area contributed by atoms with Crippen LogP contribution in [0.3, 0.4) is 0 Å². The monoisotopic (exact) mass is 650 g/mol. The van der Waals surface area contributed by atoms with Gasteiger partial charge in [0.15, 0.2) is 10.3 Å². The zero-order chi connectivity index (χ0) is 30.1. The third kappa shape index (κ3) is 6.46. The van der Waals surface area contributed by atoms with Gasteiger partial charge >= 0.3 is 6.18 Å². The van der Waals surface area contributed by atoms with Gasteiger partial charge in [0.1, 0.15) is 11.5 Å². The number of rotatable bonds is 8. The van der Waals surface area contributed by atoms with Crippen molar-refractivity contribution in [1.82, 2.24) is 9.88 Å². The smallest absolute Gasteiger partial charge is 0.416 e. The quantitative estimate of drug-likeness (QED) is 0.155. The van der Waals surface area contributed by atoms with Gasteiger partial charge in [-0.05, 0) is 66.4 Å². The summed E-state index contributed by atoms with van der Waals surface area (Å²) in [6.07, 6.45) is -0.0913. The van der Waals surface area contributed by atoms with E-state index < -0.39 is 21.8 Å². The van der Waals surface area contributed by atoms with Crippen LogP contribution < -0.4 is 4.72 Å². The molecule has 42 heavy (non-hydrogen) atoms. The van der Waals surface area contributed by atoms with Crippen LogP contribution in [-0.2, 0) is 21.0 Å². The van der Waals surface area contributed by atoms with Crippen molar-refractivity contribution in [2.24, 2.45) is 4.99 Å². The summed E-state index contributed by atoms with van der Waals surface area (Å²) in [6, 6.07) is 11.7. The molecule has 1 amide bonds. The highest BCUT2D eigenvalue weighted by molar-refractivity contribution is 8.18. The normalized spacial score (nSPS) is 16.0. The van der Waals surface area contributed by atoms with Gasteiger partial charge in [-0.15, -0.1) is 17.9 Å². The molecule has 0 spiro atoms. The van der Waals surface area contributed by atoms with Crippen molar-refractivity contribution >= 4 is 72.7 Å². The van der Waals surface area contributed by atoms with E-state index in [1.54, 1.807) is 5.38 Å². The number of sulfonamides is 1. The van der Waals surface area contributed by atoms with Gasteiger partial charge in [-0.2, -0.15) is 13.2 Å². The number of aromatic nitrogens is 1. The number of nitrogens with zero attached hydrogens (tertiary/aromatic N) is 3. The van der Waals surface area contributed by atoms with Crippen LogP contribution in [0.2, 0.25) is 5.02 Å². The maximum Gasteiger partial charge on any atom is 0.416 e. The summed E-state index contributed by atoms with van der Waals surface area (Å²) in [4.78, 5) is 23.2. The van der Waals surface area contributed by atoms with Crippen LogP contribution in [0.4, 0.5) is 24.0 Å². The van der Waals surface area contributed by atoms with Gasteiger partial charge in [0.2, 0.25) is 0 Å². The number of aliphatic imine (C=N–C) groups is 1. The van der Waals surface area contributed by atoms with E-state index in [-0.39, 0.29) is 49.5 Å². The Morgan fingerprint density at radius 2 is 1.90 bits per heavy atom. The number of carbonyl (C=O) groups excluding carboxylic acids is 1. The lowest BCUT2D eigenvalue weighted by Gasteiger charge is -2.12. The number of carbonyl (C=O) groups is 1. The molecule has 5 rings (SSSR count). The van der Waals surface area contributed by atoms with Gasteiger partial charge in [-0.1, -0.05) is 17.7 Å². The van der Waals surface area contributed by atoms with Crippen molar-refractivity contribution in [2.75, 3.05) is 11.3 Å². The second kappa shape index (κ2) is 11.8. The summed E-state index contributed by atoms with van der Waals surface area (Å²) in [5.74, 6) is -0.0680. The fourth-order valence-corrected chi connectivity index (χ4v) is 6.72.